The average molecular weight is 386 g/mol. The van der Waals surface area contributed by atoms with Crippen molar-refractivity contribution in [1.29, 1.82) is 0 Å². The van der Waals surface area contributed by atoms with Gasteiger partial charge in [0.05, 0.1) is 12.7 Å². The smallest absolute Gasteiger partial charge is 0.138 e. The molecule has 0 spiro atoms. The van der Waals surface area contributed by atoms with E-state index in [-0.39, 0.29) is 36.0 Å². The standard InChI is InChI=1S/C24H35NO3/c1-24(2)14-20-23(21(27)15-24)22(16-7-5-4-6-8-16)18-10-9-17(28-3)13-19(18)25(20)11-12-26/h4-8,17-20,22-23,26H,9-15H2,1-3H3/t17?,18?,19?,20?,22-,23?/m0/s1. The van der Waals surface area contributed by atoms with E-state index in [2.05, 4.69) is 49.1 Å². The van der Waals surface area contributed by atoms with E-state index in [4.69, 9.17) is 4.74 Å². The highest BCUT2D eigenvalue weighted by molar-refractivity contribution is 5.84. The van der Waals surface area contributed by atoms with Crippen LogP contribution in [0.4, 0.5) is 0 Å². The van der Waals surface area contributed by atoms with Crippen molar-refractivity contribution in [2.75, 3.05) is 20.3 Å². The number of piperidine rings is 1. The fourth-order valence-electron chi connectivity index (χ4n) is 6.57. The normalized spacial score (nSPS) is 37.9. The summed E-state index contributed by atoms with van der Waals surface area (Å²) in [6.45, 7) is 5.25. The Kier molecular flexibility index (Phi) is 5.65. The molecule has 4 heteroatoms. The Morgan fingerprint density at radius 2 is 1.89 bits per heavy atom. The van der Waals surface area contributed by atoms with Crippen molar-refractivity contribution in [2.24, 2.45) is 17.3 Å². The van der Waals surface area contributed by atoms with Gasteiger partial charge in [0.2, 0.25) is 0 Å². The molecular formula is C24H35NO3. The number of carbonyl (C=O) groups is 1. The number of likely N-dealkylation sites (tertiary alicyclic amines) is 1. The van der Waals surface area contributed by atoms with Crippen LogP contribution >= 0.6 is 0 Å². The maximum atomic E-state index is 13.5. The Morgan fingerprint density at radius 1 is 1.14 bits per heavy atom. The summed E-state index contributed by atoms with van der Waals surface area (Å²) in [5, 5.41) is 9.84. The van der Waals surface area contributed by atoms with Crippen molar-refractivity contribution in [1.82, 2.24) is 4.90 Å². The van der Waals surface area contributed by atoms with Crippen molar-refractivity contribution >= 4 is 5.78 Å². The predicted octanol–water partition coefficient (Wildman–Crippen LogP) is 3.64. The average Bonchev–Trinajstić information content (AvgIpc) is 2.68. The second kappa shape index (κ2) is 7.89. The Morgan fingerprint density at radius 3 is 2.57 bits per heavy atom. The van der Waals surface area contributed by atoms with Crippen LogP contribution in [0.25, 0.3) is 0 Å². The van der Waals surface area contributed by atoms with Crippen molar-refractivity contribution in [3.05, 3.63) is 35.9 Å². The van der Waals surface area contributed by atoms with Gasteiger partial charge < -0.3 is 9.84 Å². The topological polar surface area (TPSA) is 49.8 Å². The number of ether oxygens (including phenoxy) is 1. The van der Waals surface area contributed by atoms with E-state index in [0.717, 1.165) is 25.7 Å². The SMILES string of the molecule is COC1CCC2C(C1)N(CCO)C1CC(C)(C)CC(=O)C1[C@H]2c1ccccc1. The molecule has 2 aliphatic carbocycles. The zero-order valence-electron chi connectivity index (χ0n) is 17.5. The quantitative estimate of drug-likeness (QED) is 0.860. The molecule has 2 saturated carbocycles. The highest BCUT2D eigenvalue weighted by atomic mass is 16.5. The molecule has 1 aliphatic heterocycles. The molecule has 4 rings (SSSR count). The Hall–Kier alpha value is -1.23. The molecule has 0 radical (unpaired) electrons. The van der Waals surface area contributed by atoms with Gasteiger partial charge in [0.1, 0.15) is 5.78 Å². The molecule has 1 aromatic rings. The van der Waals surface area contributed by atoms with Crippen molar-refractivity contribution in [2.45, 2.75) is 70.1 Å². The van der Waals surface area contributed by atoms with Crippen molar-refractivity contribution in [3.63, 3.8) is 0 Å². The zero-order chi connectivity index (χ0) is 19.9. The Labute approximate surface area is 169 Å². The van der Waals surface area contributed by atoms with Crippen LogP contribution < -0.4 is 0 Å². The first-order chi connectivity index (χ1) is 13.4. The molecule has 0 amide bonds. The van der Waals surface area contributed by atoms with Gasteiger partial charge in [0.15, 0.2) is 0 Å². The number of rotatable bonds is 4. The summed E-state index contributed by atoms with van der Waals surface area (Å²) in [4.78, 5) is 16.0. The molecule has 1 N–H and O–H groups in total. The molecule has 0 bridgehead atoms. The minimum absolute atomic E-state index is 0.0232. The van der Waals surface area contributed by atoms with Crippen molar-refractivity contribution < 1.29 is 14.6 Å². The number of nitrogens with zero attached hydrogens (tertiary/aromatic N) is 1. The van der Waals surface area contributed by atoms with Crippen LogP contribution in [0.3, 0.4) is 0 Å². The van der Waals surface area contributed by atoms with Gasteiger partial charge in [-0.15, -0.1) is 0 Å². The number of carbonyl (C=O) groups excluding carboxylic acids is 1. The van der Waals surface area contributed by atoms with E-state index >= 15 is 0 Å². The van der Waals surface area contributed by atoms with E-state index in [0.29, 0.717) is 30.7 Å². The summed E-state index contributed by atoms with van der Waals surface area (Å²) >= 11 is 0. The van der Waals surface area contributed by atoms with E-state index in [9.17, 15) is 9.90 Å². The lowest BCUT2D eigenvalue weighted by Crippen LogP contribution is -2.65. The fraction of sp³-hybridized carbons (Fsp3) is 0.708. The summed E-state index contributed by atoms with van der Waals surface area (Å²) < 4.78 is 5.75. The maximum Gasteiger partial charge on any atom is 0.138 e. The maximum absolute atomic E-state index is 13.5. The molecule has 1 saturated heterocycles. The third-order valence-electron chi connectivity index (χ3n) is 7.60. The minimum atomic E-state index is 0.0232. The number of fused-ring (bicyclic) bond motifs is 2. The van der Waals surface area contributed by atoms with Gasteiger partial charge >= 0.3 is 0 Å². The number of benzene rings is 1. The minimum Gasteiger partial charge on any atom is -0.395 e. The molecular weight excluding hydrogens is 350 g/mol. The van der Waals surface area contributed by atoms with E-state index in [1.54, 1.807) is 0 Å². The lowest BCUT2D eigenvalue weighted by molar-refractivity contribution is -0.147. The van der Waals surface area contributed by atoms with Crippen LogP contribution in [0.5, 0.6) is 0 Å². The summed E-state index contributed by atoms with van der Waals surface area (Å²) in [6, 6.07) is 11.3. The van der Waals surface area contributed by atoms with Crippen LogP contribution in [0, 0.1) is 17.3 Å². The third-order valence-corrected chi connectivity index (χ3v) is 7.60. The first-order valence-corrected chi connectivity index (χ1v) is 10.9. The molecule has 0 aromatic heterocycles. The van der Waals surface area contributed by atoms with Crippen LogP contribution in [-0.4, -0.2) is 54.2 Å². The summed E-state index contributed by atoms with van der Waals surface area (Å²) in [5.41, 5.74) is 1.34. The summed E-state index contributed by atoms with van der Waals surface area (Å²) in [7, 11) is 1.81. The zero-order valence-corrected chi connectivity index (χ0v) is 17.5. The van der Waals surface area contributed by atoms with E-state index in [1.807, 2.05) is 7.11 Å². The van der Waals surface area contributed by atoms with Crippen LogP contribution in [0.1, 0.15) is 57.4 Å². The van der Waals surface area contributed by atoms with Crippen LogP contribution in [-0.2, 0) is 9.53 Å². The lowest BCUT2D eigenvalue weighted by Gasteiger charge is -2.59. The lowest BCUT2D eigenvalue weighted by atomic mass is 9.56. The molecule has 6 atom stereocenters. The van der Waals surface area contributed by atoms with Crippen LogP contribution in [0.15, 0.2) is 30.3 Å². The van der Waals surface area contributed by atoms with Gasteiger partial charge in [0.25, 0.3) is 0 Å². The monoisotopic (exact) mass is 385 g/mol. The largest absolute Gasteiger partial charge is 0.395 e. The van der Waals surface area contributed by atoms with Gasteiger partial charge in [-0.05, 0) is 48.5 Å². The number of methoxy groups -OCH3 is 1. The van der Waals surface area contributed by atoms with Gasteiger partial charge in [0, 0.05) is 38.1 Å². The number of hydrogen-bond donors (Lipinski definition) is 1. The molecule has 28 heavy (non-hydrogen) atoms. The van der Waals surface area contributed by atoms with Gasteiger partial charge in [-0.1, -0.05) is 44.2 Å². The van der Waals surface area contributed by atoms with Crippen LogP contribution in [0.2, 0.25) is 0 Å². The number of ketones is 1. The van der Waals surface area contributed by atoms with E-state index < -0.39 is 0 Å². The molecule has 1 heterocycles. The van der Waals surface area contributed by atoms with E-state index in [1.165, 1.54) is 5.56 Å². The number of Topliss-reactive ketones (excluding diaryl/α,β-unsaturated/α-hetero) is 1. The Bertz CT molecular complexity index is 688. The summed E-state index contributed by atoms with van der Waals surface area (Å²) in [6.07, 6.45) is 5.12. The molecule has 1 aromatic carbocycles. The molecule has 3 aliphatic rings. The molecule has 5 unspecified atom stereocenters. The number of hydrogen-bond acceptors (Lipinski definition) is 4. The first-order valence-electron chi connectivity index (χ1n) is 10.9. The fourth-order valence-corrected chi connectivity index (χ4v) is 6.57. The molecule has 154 valence electrons. The predicted molar refractivity (Wildman–Crippen MR) is 110 cm³/mol. The Balaban J connectivity index is 1.78. The molecule has 4 nitrogen and oxygen atoms in total. The highest BCUT2D eigenvalue weighted by Crippen LogP contribution is 2.54. The van der Waals surface area contributed by atoms with Crippen molar-refractivity contribution in [3.8, 4) is 0 Å². The highest BCUT2D eigenvalue weighted by Gasteiger charge is 2.56. The first kappa shape index (κ1) is 20.1. The molecule has 3 fully saturated rings. The second-order valence-corrected chi connectivity index (χ2v) is 9.90. The van der Waals surface area contributed by atoms with Gasteiger partial charge in [-0.3, -0.25) is 9.69 Å². The van der Waals surface area contributed by atoms with Gasteiger partial charge in [-0.2, -0.15) is 0 Å². The number of β-amino-alcohol motifs (C(OH)–C–C–N with tert-alkyl or cyclic N) is 1. The van der Waals surface area contributed by atoms with Gasteiger partial charge in [-0.25, -0.2) is 0 Å². The number of aliphatic hydroxyl groups is 1. The second-order valence-electron chi connectivity index (χ2n) is 9.90. The number of aliphatic hydroxyl groups excluding tert-OH is 1. The summed E-state index contributed by atoms with van der Waals surface area (Å²) in [5.74, 6) is 1.20. The third kappa shape index (κ3) is 3.55.